The first-order valence-electron chi connectivity index (χ1n) is 7.48. The number of hydrogen-bond donors (Lipinski definition) is 2. The Balaban J connectivity index is 1.67. The topological polar surface area (TPSA) is 72.2 Å². The van der Waals surface area contributed by atoms with Gasteiger partial charge < -0.3 is 9.88 Å². The van der Waals surface area contributed by atoms with Crippen LogP contribution in [0.25, 0.3) is 0 Å². The van der Waals surface area contributed by atoms with Crippen molar-refractivity contribution in [2.75, 3.05) is 31.1 Å². The first-order chi connectivity index (χ1) is 10.6. The lowest BCUT2D eigenvalue weighted by Crippen LogP contribution is -2.48. The number of piperazine rings is 1. The molecule has 22 heavy (non-hydrogen) atoms. The fraction of sp³-hybridized carbons (Fsp3) is 0.375. The van der Waals surface area contributed by atoms with Gasteiger partial charge in [-0.15, -0.1) is 0 Å². The number of benzene rings is 1. The van der Waals surface area contributed by atoms with Crippen LogP contribution in [-0.4, -0.2) is 41.0 Å². The number of nitrogens with one attached hydrogen (secondary N) is 2. The van der Waals surface area contributed by atoms with Gasteiger partial charge in [0.2, 0.25) is 0 Å². The van der Waals surface area contributed by atoms with E-state index in [0.29, 0.717) is 11.4 Å². The highest BCUT2D eigenvalue weighted by Crippen LogP contribution is 2.15. The third kappa shape index (κ3) is 3.12. The van der Waals surface area contributed by atoms with Gasteiger partial charge in [0, 0.05) is 38.4 Å². The molecule has 1 aliphatic heterocycles. The first-order valence-corrected chi connectivity index (χ1v) is 7.48. The number of aromatic amines is 2. The summed E-state index contributed by atoms with van der Waals surface area (Å²) in [6.07, 6.45) is 0. The molecular weight excluding hydrogens is 280 g/mol. The summed E-state index contributed by atoms with van der Waals surface area (Å²) in [7, 11) is 0. The van der Waals surface area contributed by atoms with E-state index in [-0.39, 0.29) is 5.56 Å². The Morgan fingerprint density at radius 2 is 1.68 bits per heavy atom. The van der Waals surface area contributed by atoms with E-state index in [1.807, 2.05) is 11.0 Å². The molecule has 116 valence electrons. The average molecular weight is 300 g/mol. The van der Waals surface area contributed by atoms with Gasteiger partial charge in [0.05, 0.1) is 0 Å². The van der Waals surface area contributed by atoms with Crippen LogP contribution >= 0.6 is 0 Å². The van der Waals surface area contributed by atoms with Crippen LogP contribution < -0.4 is 16.1 Å². The van der Waals surface area contributed by atoms with Crippen LogP contribution in [0.5, 0.6) is 0 Å². The first kappa shape index (κ1) is 14.6. The Hall–Kier alpha value is -2.34. The Morgan fingerprint density at radius 1 is 1.00 bits per heavy atom. The van der Waals surface area contributed by atoms with Crippen molar-refractivity contribution in [3.8, 4) is 0 Å². The minimum absolute atomic E-state index is 0.308. The monoisotopic (exact) mass is 300 g/mol. The maximum Gasteiger partial charge on any atom is 0.326 e. The molecule has 6 nitrogen and oxygen atoms in total. The van der Waals surface area contributed by atoms with Crippen LogP contribution in [-0.2, 0) is 6.54 Å². The summed E-state index contributed by atoms with van der Waals surface area (Å²) in [6, 6.07) is 10.4. The molecule has 0 bridgehead atoms. The van der Waals surface area contributed by atoms with Crippen molar-refractivity contribution >= 4 is 5.69 Å². The minimum Gasteiger partial charge on any atom is -0.363 e. The summed E-state index contributed by atoms with van der Waals surface area (Å²) in [5.74, 6) is 0. The molecule has 0 amide bonds. The van der Waals surface area contributed by atoms with Gasteiger partial charge in [-0.25, -0.2) is 4.79 Å². The maximum atomic E-state index is 12.0. The number of anilines is 1. The highest BCUT2D eigenvalue weighted by Gasteiger charge is 2.21. The van der Waals surface area contributed by atoms with Gasteiger partial charge in [0.1, 0.15) is 5.69 Å². The molecule has 1 aliphatic rings. The van der Waals surface area contributed by atoms with Crippen LogP contribution in [0.4, 0.5) is 5.69 Å². The number of aryl methyl sites for hydroxylation is 1. The smallest absolute Gasteiger partial charge is 0.326 e. The molecule has 2 heterocycles. The molecule has 1 aromatic heterocycles. The molecule has 0 radical (unpaired) electrons. The molecule has 1 saturated heterocycles. The Morgan fingerprint density at radius 3 is 2.32 bits per heavy atom. The van der Waals surface area contributed by atoms with Crippen molar-refractivity contribution in [3.63, 3.8) is 0 Å². The zero-order chi connectivity index (χ0) is 15.5. The molecule has 1 fully saturated rings. The van der Waals surface area contributed by atoms with E-state index in [2.05, 4.69) is 39.1 Å². The predicted octanol–water partition coefficient (Wildman–Crippen LogP) is 0.694. The minimum atomic E-state index is -0.450. The van der Waals surface area contributed by atoms with E-state index in [9.17, 15) is 9.59 Å². The highest BCUT2D eigenvalue weighted by molar-refractivity contribution is 5.48. The molecule has 1 aromatic carbocycles. The summed E-state index contributed by atoms with van der Waals surface area (Å²) in [6.45, 7) is 6.04. The fourth-order valence-corrected chi connectivity index (χ4v) is 2.95. The van der Waals surface area contributed by atoms with Gasteiger partial charge in [-0.1, -0.05) is 30.3 Å². The number of rotatable bonds is 3. The van der Waals surface area contributed by atoms with Gasteiger partial charge in [0.15, 0.2) is 0 Å². The second-order valence-corrected chi connectivity index (χ2v) is 5.63. The van der Waals surface area contributed by atoms with E-state index in [4.69, 9.17) is 0 Å². The van der Waals surface area contributed by atoms with Crippen molar-refractivity contribution in [2.45, 2.75) is 13.5 Å². The molecule has 2 aromatic rings. The summed E-state index contributed by atoms with van der Waals surface area (Å²) in [5.41, 5.74) is 1.75. The van der Waals surface area contributed by atoms with Gasteiger partial charge in [-0.3, -0.25) is 14.7 Å². The Labute approximate surface area is 128 Å². The average Bonchev–Trinajstić information content (AvgIpc) is 2.49. The van der Waals surface area contributed by atoms with Crippen molar-refractivity contribution in [3.05, 3.63) is 62.4 Å². The lowest BCUT2D eigenvalue weighted by Gasteiger charge is -2.36. The zero-order valence-electron chi connectivity index (χ0n) is 12.6. The van der Waals surface area contributed by atoms with Crippen molar-refractivity contribution in [1.82, 2.24) is 14.9 Å². The largest absolute Gasteiger partial charge is 0.363 e. The third-order valence-electron chi connectivity index (χ3n) is 4.04. The lowest BCUT2D eigenvalue weighted by molar-refractivity contribution is 0.249. The lowest BCUT2D eigenvalue weighted by atomic mass is 10.2. The summed E-state index contributed by atoms with van der Waals surface area (Å²) in [5, 5.41) is 0. The molecule has 0 atom stereocenters. The SMILES string of the molecule is Cc1[nH]c(=O)[nH]c(=O)c1N1CCN(Cc2ccccc2)CC1. The number of nitrogens with zero attached hydrogens (tertiary/aromatic N) is 2. The molecule has 2 N–H and O–H groups in total. The van der Waals surface area contributed by atoms with Gasteiger partial charge in [-0.05, 0) is 12.5 Å². The van der Waals surface area contributed by atoms with Crippen LogP contribution in [0.3, 0.4) is 0 Å². The van der Waals surface area contributed by atoms with E-state index < -0.39 is 5.69 Å². The Bertz CT molecular complexity index is 743. The number of aromatic nitrogens is 2. The molecule has 6 heteroatoms. The normalized spacial score (nSPS) is 16.0. The van der Waals surface area contributed by atoms with Gasteiger partial charge >= 0.3 is 5.69 Å². The van der Waals surface area contributed by atoms with E-state index >= 15 is 0 Å². The predicted molar refractivity (Wildman–Crippen MR) is 86.4 cm³/mol. The second kappa shape index (κ2) is 6.19. The van der Waals surface area contributed by atoms with Crippen LogP contribution in [0.2, 0.25) is 0 Å². The maximum absolute atomic E-state index is 12.0. The molecule has 0 aliphatic carbocycles. The standard InChI is InChI=1S/C16H20N4O2/c1-12-14(15(21)18-16(22)17-12)20-9-7-19(8-10-20)11-13-5-3-2-4-6-13/h2-6H,7-11H2,1H3,(H2,17,18,21,22). The quantitative estimate of drug-likeness (QED) is 0.875. The number of hydrogen-bond acceptors (Lipinski definition) is 4. The summed E-state index contributed by atoms with van der Waals surface area (Å²) < 4.78 is 0. The molecular formula is C16H20N4O2. The van der Waals surface area contributed by atoms with Crippen molar-refractivity contribution in [1.29, 1.82) is 0 Å². The van der Waals surface area contributed by atoms with E-state index in [0.717, 1.165) is 32.7 Å². The molecule has 0 saturated carbocycles. The summed E-state index contributed by atoms with van der Waals surface area (Å²) >= 11 is 0. The highest BCUT2D eigenvalue weighted by atomic mass is 16.2. The third-order valence-corrected chi connectivity index (χ3v) is 4.04. The molecule has 3 rings (SSSR count). The fourth-order valence-electron chi connectivity index (χ4n) is 2.95. The van der Waals surface area contributed by atoms with Crippen molar-refractivity contribution in [2.24, 2.45) is 0 Å². The van der Waals surface area contributed by atoms with Crippen LogP contribution in [0.15, 0.2) is 39.9 Å². The zero-order valence-corrected chi connectivity index (χ0v) is 12.6. The molecule has 0 unspecified atom stereocenters. The van der Waals surface area contributed by atoms with Gasteiger partial charge in [-0.2, -0.15) is 0 Å². The van der Waals surface area contributed by atoms with E-state index in [1.54, 1.807) is 6.92 Å². The Kier molecular flexibility index (Phi) is 4.11. The number of H-pyrrole nitrogens is 2. The second-order valence-electron chi connectivity index (χ2n) is 5.63. The van der Waals surface area contributed by atoms with Crippen LogP contribution in [0, 0.1) is 6.92 Å². The van der Waals surface area contributed by atoms with Crippen LogP contribution in [0.1, 0.15) is 11.3 Å². The van der Waals surface area contributed by atoms with Crippen molar-refractivity contribution < 1.29 is 0 Å². The van der Waals surface area contributed by atoms with Gasteiger partial charge in [0.25, 0.3) is 5.56 Å². The van der Waals surface area contributed by atoms with E-state index in [1.165, 1.54) is 5.56 Å². The molecule has 0 spiro atoms. The summed E-state index contributed by atoms with van der Waals surface area (Å²) in [4.78, 5) is 32.7.